The highest BCUT2D eigenvalue weighted by Crippen LogP contribution is 3.10. The third-order valence-corrected chi connectivity index (χ3v) is 24.6. The molecule has 14 rings (SSSR count). The highest BCUT2D eigenvalue weighted by Gasteiger charge is 3.13. The first kappa shape index (κ1) is 82.9. The van der Waals surface area contributed by atoms with Crippen LogP contribution in [0.15, 0.2) is 97.1 Å². The number of benzene rings is 5. The molecule has 114 heavy (non-hydrogen) atoms. The minimum atomic E-state index is -4.97. The Bertz CT molecular complexity index is 4520. The first-order valence-electron chi connectivity index (χ1n) is 38.3. The van der Waals surface area contributed by atoms with Gasteiger partial charge in [-0.2, -0.15) is 0 Å². The molecule has 11 amide bonds. The molecule has 32 nitrogen and oxygen atoms in total. The summed E-state index contributed by atoms with van der Waals surface area (Å²) in [5.41, 5.74) is 7.82. The van der Waals surface area contributed by atoms with Gasteiger partial charge < -0.3 is 89.0 Å². The molecule has 0 aromatic heterocycles. The minimum Gasteiger partial charge on any atom is -0.445 e. The number of urea groups is 1. The molecule has 9 aliphatic rings. The molecule has 0 spiro atoms. The van der Waals surface area contributed by atoms with Crippen LogP contribution in [0.1, 0.15) is 61.6 Å². The fourth-order valence-electron chi connectivity index (χ4n) is 18.4. The number of fused-ring (bicyclic) bond motifs is 6. The fraction of sp³-hybridized carbons (Fsp3) is 0.519. The molecule has 3 aliphatic heterocycles. The molecule has 8 N–H and O–H groups in total. The first-order chi connectivity index (χ1) is 54.8. The van der Waals surface area contributed by atoms with Gasteiger partial charge in [0.15, 0.2) is 0 Å². The Balaban J connectivity index is 0.526. The smallest absolute Gasteiger partial charge is 0.445 e. The summed E-state index contributed by atoms with van der Waals surface area (Å²) in [4.78, 5) is 160. The van der Waals surface area contributed by atoms with Gasteiger partial charge in [0.1, 0.15) is 30.2 Å². The molecule has 6 aliphatic carbocycles. The molecule has 612 valence electrons. The van der Waals surface area contributed by atoms with E-state index in [2.05, 4.69) is 21.3 Å². The van der Waals surface area contributed by atoms with E-state index in [0.717, 1.165) is 21.4 Å². The van der Waals surface area contributed by atoms with Crippen molar-refractivity contribution in [1.29, 1.82) is 0 Å². The van der Waals surface area contributed by atoms with Crippen molar-refractivity contribution in [2.45, 2.75) is 63.6 Å². The molecule has 6 saturated carbocycles. The maximum Gasteiger partial charge on any atom is 0.524 e. The number of amides is 11. The fourth-order valence-corrected chi connectivity index (χ4v) is 19.3. The average Bonchev–Trinajstić information content (AvgIpc) is 0.637. The van der Waals surface area contributed by atoms with Crippen LogP contribution in [0.3, 0.4) is 0 Å². The van der Waals surface area contributed by atoms with Crippen LogP contribution in [-0.4, -0.2) is 241 Å². The highest BCUT2D eigenvalue weighted by molar-refractivity contribution is 7.46. The van der Waals surface area contributed by atoms with Gasteiger partial charge in [-0.25, -0.2) is 18.9 Å². The molecule has 35 heteroatoms. The number of phosphoric acid groups is 1. The van der Waals surface area contributed by atoms with Gasteiger partial charge in [0.2, 0.25) is 29.5 Å². The zero-order valence-corrected chi connectivity index (χ0v) is 66.0. The van der Waals surface area contributed by atoms with Gasteiger partial charge >= 0.3 is 26.0 Å². The zero-order valence-electron chi connectivity index (χ0n) is 63.6. The number of ether oxygens (including phenoxy) is 8. The highest BCUT2D eigenvalue weighted by atomic mass is 35.5. The zero-order chi connectivity index (χ0) is 80.9. The summed E-state index contributed by atoms with van der Waals surface area (Å²) in [6.45, 7) is 7.83. The van der Waals surface area contributed by atoms with Crippen LogP contribution < -0.4 is 46.1 Å². The summed E-state index contributed by atoms with van der Waals surface area (Å²) in [6.07, 6.45) is 1.34. The number of carbonyl (C=O) groups is 10. The van der Waals surface area contributed by atoms with E-state index >= 15 is 9.59 Å². The number of anilines is 3. The largest absolute Gasteiger partial charge is 0.524 e. The van der Waals surface area contributed by atoms with E-state index in [1.54, 1.807) is 67.3 Å². The molecular formula is C79H95Cl2N10O22P. The Morgan fingerprint density at radius 1 is 0.605 bits per heavy atom. The Labute approximate surface area is 667 Å². The van der Waals surface area contributed by atoms with Crippen molar-refractivity contribution in [3.05, 3.63) is 114 Å². The van der Waals surface area contributed by atoms with Crippen molar-refractivity contribution < 1.29 is 105 Å². The standard InChI is InChI=1S/C79H95Cl2N10O22P/c1-45(2)70(86-59(92)21-26-105-28-30-107-32-34-109-36-37-110-35-33-108-31-29-106-27-25-89-60(93)19-20-61(89)94)72(96)85-54(14-9-22-83-75(82)99)71(95)84-49-17-15-46(16-18-49)44-111-76(100)87(3)23-24-88(4)77(101)112-57-38-55-62(52-12-7-5-10-50(52)57)47(40-80)42-90(55)73(97)78-64-67-65(78)69-66(78)68(64)79(67,69)74(98)91-43-48(41-81)63-53-13-8-6-11-51(53)58(39-56(63)91)113-114(102,103)104/h5-8,10-13,15-20,38-39,45,47-48,54,64-70H,9,14,21-37,40-44H2,1-4H3,(H,84,95)(H,85,96)(H,86,92)(H3,82,83,99)(H2,102,103,104)/t47?,48?,54-,64?,65?,66?,67?,68?,69?,70?,78?,79?/m0/s1. The van der Waals surface area contributed by atoms with Crippen molar-refractivity contribution in [3.63, 3.8) is 0 Å². The predicted molar refractivity (Wildman–Crippen MR) is 415 cm³/mol. The Morgan fingerprint density at radius 2 is 1.06 bits per heavy atom. The van der Waals surface area contributed by atoms with E-state index in [1.807, 2.05) is 41.3 Å². The molecule has 6 fully saturated rings. The molecule has 5 aromatic carbocycles. The van der Waals surface area contributed by atoms with Gasteiger partial charge in [-0.1, -0.05) is 74.5 Å². The second kappa shape index (κ2) is 35.6. The third-order valence-electron chi connectivity index (χ3n) is 23.4. The Hall–Kier alpha value is -9.05. The third kappa shape index (κ3) is 16.2. The van der Waals surface area contributed by atoms with E-state index in [4.69, 9.17) is 71.4 Å². The van der Waals surface area contributed by atoms with Gasteiger partial charge in [0, 0.05) is 118 Å². The quantitative estimate of drug-likeness (QED) is 0.00964. The molecule has 5 aromatic rings. The average molecular weight is 1640 g/mol. The van der Waals surface area contributed by atoms with Crippen LogP contribution in [-0.2, 0) is 77.9 Å². The summed E-state index contributed by atoms with van der Waals surface area (Å²) in [5, 5.41) is 13.4. The van der Waals surface area contributed by atoms with Crippen molar-refractivity contribution >= 4 is 129 Å². The number of nitrogens with two attached hydrogens (primary N) is 1. The van der Waals surface area contributed by atoms with E-state index in [9.17, 15) is 52.7 Å². The number of nitrogens with one attached hydrogen (secondary N) is 4. The van der Waals surface area contributed by atoms with Crippen LogP contribution >= 0.6 is 31.0 Å². The maximum atomic E-state index is 15.4. The summed E-state index contributed by atoms with van der Waals surface area (Å²) in [5.74, 6) is -2.43. The molecule has 3 heterocycles. The van der Waals surface area contributed by atoms with Gasteiger partial charge in [-0.3, -0.25) is 48.2 Å². The monoisotopic (exact) mass is 1640 g/mol. The number of hydrogen-bond donors (Lipinski definition) is 7. The number of likely N-dealkylation sites (N-methyl/N-ethyl adjacent to an activating group) is 2. The number of hydrogen-bond acceptors (Lipinski definition) is 20. The van der Waals surface area contributed by atoms with E-state index in [1.165, 1.54) is 36.0 Å². The van der Waals surface area contributed by atoms with Crippen LogP contribution in [0.4, 0.5) is 31.4 Å². The van der Waals surface area contributed by atoms with Gasteiger partial charge in [0.25, 0.3) is 11.8 Å². The van der Waals surface area contributed by atoms with E-state index < -0.39 is 66.7 Å². The minimum absolute atomic E-state index is 0.00648. The van der Waals surface area contributed by atoms with Crippen LogP contribution in [0.2, 0.25) is 0 Å². The lowest BCUT2D eigenvalue weighted by molar-refractivity contribution is -0.623. The van der Waals surface area contributed by atoms with Crippen molar-refractivity contribution in [1.82, 2.24) is 30.7 Å². The molecular weight excluding hydrogens is 1540 g/mol. The number of rotatable bonds is 43. The predicted octanol–water partition coefficient (Wildman–Crippen LogP) is 6.37. The Morgan fingerprint density at radius 3 is 1.54 bits per heavy atom. The van der Waals surface area contributed by atoms with Gasteiger partial charge in [0.05, 0.1) is 108 Å². The van der Waals surface area contributed by atoms with Gasteiger partial charge in [-0.05, 0) is 93.9 Å². The van der Waals surface area contributed by atoms with E-state index in [0.29, 0.717) is 105 Å². The number of carbonyl (C=O) groups excluding carboxylic acids is 10. The molecule has 0 radical (unpaired) electrons. The molecule has 3 unspecified atom stereocenters. The summed E-state index contributed by atoms with van der Waals surface area (Å²) >= 11 is 13.3. The topological polar surface area (TPSA) is 402 Å². The second-order valence-electron chi connectivity index (χ2n) is 30.2. The van der Waals surface area contributed by atoms with Crippen LogP contribution in [0.25, 0.3) is 21.5 Å². The van der Waals surface area contributed by atoms with Gasteiger partial charge in [-0.15, -0.1) is 23.2 Å². The summed E-state index contributed by atoms with van der Waals surface area (Å²) in [7, 11) is -1.91. The van der Waals surface area contributed by atoms with E-state index in [-0.39, 0.29) is 179 Å². The molecule has 0 bridgehead atoms. The lowest BCUT2D eigenvalue weighted by Gasteiger charge is -3.09. The van der Waals surface area contributed by atoms with Crippen molar-refractivity contribution in [2.75, 3.05) is 160 Å². The van der Waals surface area contributed by atoms with Crippen LogP contribution in [0, 0.1) is 52.3 Å². The SMILES string of the molecule is CC(C)C(NC(=O)CCOCCOCCOCCOCCOCCOCCN1C(=O)C=CC1=O)C(=O)N[C@@H](CCCNC(N)=O)C(=O)Nc1ccc(COC(=O)N(C)CCN(C)C(=O)Oc2cc3c(c4ccccc24)C(CCl)CN3C(=O)C23C4C5C2C2C3C4C52C(=O)N2CC(CCl)c3c2cc(OP(=O)(O)O)c2ccccc32)cc1. The lowest BCUT2D eigenvalue weighted by Crippen LogP contribution is -3.12. The maximum absolute atomic E-state index is 15.4. The summed E-state index contributed by atoms with van der Waals surface area (Å²) in [6, 6.07) is 21.5. The number of halogens is 2. The molecule has 4 atom stereocenters. The lowest BCUT2D eigenvalue weighted by atomic mass is 8.92. The number of primary amides is 1. The first-order valence-corrected chi connectivity index (χ1v) is 40.9. The number of alkyl halides is 2. The summed E-state index contributed by atoms with van der Waals surface area (Å²) < 4.78 is 62.2. The number of nitrogens with zero attached hydrogens (tertiary/aromatic N) is 5. The number of imide groups is 1. The normalized spacial score (nSPS) is 23.1. The van der Waals surface area contributed by atoms with Crippen molar-refractivity contribution in [3.8, 4) is 11.5 Å². The Kier molecular flexibility index (Phi) is 25.9. The van der Waals surface area contributed by atoms with Crippen molar-refractivity contribution in [2.24, 2.45) is 58.0 Å². The number of phosphoric ester groups is 1. The van der Waals surface area contributed by atoms with Crippen LogP contribution in [0.5, 0.6) is 11.5 Å². The second-order valence-corrected chi connectivity index (χ2v) is 31.9. The molecule has 0 saturated heterocycles.